The Kier molecular flexibility index (Phi) is 6.65. The highest BCUT2D eigenvalue weighted by Gasteiger charge is 2.44. The van der Waals surface area contributed by atoms with Crippen LogP contribution in [0.25, 0.3) is 11.1 Å². The molecule has 0 spiro atoms. The van der Waals surface area contributed by atoms with Gasteiger partial charge in [0.05, 0.1) is 6.10 Å². The average molecular weight is 453 g/mol. The van der Waals surface area contributed by atoms with Crippen LogP contribution >= 0.6 is 0 Å². The number of carboxylic acids is 1. The van der Waals surface area contributed by atoms with Crippen LogP contribution in [-0.4, -0.2) is 55.5 Å². The van der Waals surface area contributed by atoms with Crippen LogP contribution in [0.1, 0.15) is 30.4 Å². The van der Waals surface area contributed by atoms with Gasteiger partial charge in [-0.25, -0.2) is 9.59 Å². The van der Waals surface area contributed by atoms with Gasteiger partial charge in [-0.3, -0.25) is 4.79 Å². The van der Waals surface area contributed by atoms with Crippen molar-refractivity contribution in [3.8, 4) is 11.1 Å². The van der Waals surface area contributed by atoms with Crippen LogP contribution in [0.3, 0.4) is 0 Å². The minimum absolute atomic E-state index is 0.0154. The van der Waals surface area contributed by atoms with Gasteiger partial charge in [0.2, 0.25) is 5.91 Å². The van der Waals surface area contributed by atoms with Gasteiger partial charge < -0.3 is 25.2 Å². The predicted octanol–water partition coefficient (Wildman–Crippen LogP) is 2.77. The Morgan fingerprint density at radius 3 is 2.24 bits per heavy atom. The van der Waals surface area contributed by atoms with Crippen LogP contribution in [0.5, 0.6) is 0 Å². The lowest BCUT2D eigenvalue weighted by Crippen LogP contribution is -2.49. The molecule has 0 bridgehead atoms. The van der Waals surface area contributed by atoms with Gasteiger partial charge in [-0.2, -0.15) is 0 Å². The van der Waals surface area contributed by atoms with Gasteiger partial charge in [-0.1, -0.05) is 48.5 Å². The zero-order valence-electron chi connectivity index (χ0n) is 18.6. The molecule has 3 N–H and O–H groups in total. The molecule has 1 saturated carbocycles. The van der Waals surface area contributed by atoms with Crippen molar-refractivity contribution in [3.63, 3.8) is 0 Å². The van der Waals surface area contributed by atoms with Gasteiger partial charge in [-0.15, -0.1) is 0 Å². The molecule has 0 aromatic heterocycles. The topological polar surface area (TPSA) is 114 Å². The Bertz CT molecular complexity index is 1010. The van der Waals surface area contributed by atoms with Crippen molar-refractivity contribution < 1.29 is 29.0 Å². The number of carbonyl (C=O) groups is 3. The molecule has 4 rings (SSSR count). The third-order valence-electron chi connectivity index (χ3n) is 6.52. The predicted molar refractivity (Wildman–Crippen MR) is 121 cm³/mol. The standard InChI is InChI=1S/C25H28N2O6/c1-14(32-2)22(24(29)30)27-23(28)20-11-15(20)12-26-25(31)33-13-21-18-9-5-3-7-16(18)17-8-4-6-10-19(17)21/h3-10,14-15,20-22H,11-13H2,1-2H3,(H,26,31)(H,27,28)(H,29,30). The van der Waals surface area contributed by atoms with E-state index in [0.29, 0.717) is 13.0 Å². The van der Waals surface area contributed by atoms with E-state index in [0.717, 1.165) is 22.3 Å². The zero-order valence-corrected chi connectivity index (χ0v) is 18.6. The Morgan fingerprint density at radius 2 is 1.67 bits per heavy atom. The third kappa shape index (κ3) is 4.85. The van der Waals surface area contributed by atoms with Gasteiger partial charge >= 0.3 is 12.1 Å². The molecule has 8 heteroatoms. The Hall–Kier alpha value is -3.39. The number of fused-ring (bicyclic) bond motifs is 3. The highest BCUT2D eigenvalue weighted by molar-refractivity contribution is 5.87. The zero-order chi connectivity index (χ0) is 23.5. The average Bonchev–Trinajstić information content (AvgIpc) is 3.54. The summed E-state index contributed by atoms with van der Waals surface area (Å²) in [5.74, 6) is -1.88. The lowest BCUT2D eigenvalue weighted by molar-refractivity contribution is -0.145. The molecule has 33 heavy (non-hydrogen) atoms. The van der Waals surface area contributed by atoms with E-state index in [1.165, 1.54) is 7.11 Å². The first kappa shape index (κ1) is 22.8. The number of hydrogen-bond acceptors (Lipinski definition) is 5. The van der Waals surface area contributed by atoms with Crippen molar-refractivity contribution in [3.05, 3.63) is 59.7 Å². The number of benzene rings is 2. The molecule has 8 nitrogen and oxygen atoms in total. The van der Waals surface area contributed by atoms with E-state index in [9.17, 15) is 19.5 Å². The summed E-state index contributed by atoms with van der Waals surface area (Å²) < 4.78 is 10.5. The maximum absolute atomic E-state index is 12.4. The van der Waals surface area contributed by atoms with E-state index in [4.69, 9.17) is 9.47 Å². The number of aliphatic carboxylic acids is 1. The molecule has 174 valence electrons. The number of hydrogen-bond donors (Lipinski definition) is 3. The van der Waals surface area contributed by atoms with Crippen molar-refractivity contribution in [2.45, 2.75) is 31.4 Å². The minimum atomic E-state index is -1.15. The van der Waals surface area contributed by atoms with E-state index in [1.807, 2.05) is 24.3 Å². The van der Waals surface area contributed by atoms with Crippen LogP contribution in [-0.2, 0) is 19.1 Å². The summed E-state index contributed by atoms with van der Waals surface area (Å²) in [6.45, 7) is 2.11. The highest BCUT2D eigenvalue weighted by atomic mass is 16.5. The first-order valence-electron chi connectivity index (χ1n) is 11.1. The van der Waals surface area contributed by atoms with Crippen LogP contribution < -0.4 is 10.6 Å². The fourth-order valence-corrected chi connectivity index (χ4v) is 4.43. The second-order valence-corrected chi connectivity index (χ2v) is 8.57. The van der Waals surface area contributed by atoms with Crippen molar-refractivity contribution in [1.82, 2.24) is 10.6 Å². The summed E-state index contributed by atoms with van der Waals surface area (Å²) in [7, 11) is 1.39. The molecule has 0 saturated heterocycles. The van der Waals surface area contributed by atoms with Gasteiger partial charge in [0.1, 0.15) is 6.61 Å². The largest absolute Gasteiger partial charge is 0.480 e. The number of methoxy groups -OCH3 is 1. The highest BCUT2D eigenvalue weighted by Crippen LogP contribution is 2.44. The molecule has 2 aliphatic rings. The smallest absolute Gasteiger partial charge is 0.407 e. The Labute approximate surface area is 192 Å². The quantitative estimate of drug-likeness (QED) is 0.539. The monoisotopic (exact) mass is 452 g/mol. The number of nitrogens with one attached hydrogen (secondary N) is 2. The van der Waals surface area contributed by atoms with Gasteiger partial charge in [0.25, 0.3) is 0 Å². The fraction of sp³-hybridized carbons (Fsp3) is 0.400. The van der Waals surface area contributed by atoms with E-state index in [1.54, 1.807) is 6.92 Å². The Morgan fingerprint density at radius 1 is 1.06 bits per heavy atom. The van der Waals surface area contributed by atoms with Crippen molar-refractivity contribution in [1.29, 1.82) is 0 Å². The van der Waals surface area contributed by atoms with E-state index >= 15 is 0 Å². The Balaban J connectivity index is 1.25. The molecule has 2 aromatic carbocycles. The minimum Gasteiger partial charge on any atom is -0.480 e. The molecule has 1 fully saturated rings. The lowest BCUT2D eigenvalue weighted by Gasteiger charge is -2.20. The summed E-state index contributed by atoms with van der Waals surface area (Å²) in [6.07, 6.45) is -0.592. The number of carbonyl (C=O) groups excluding carboxylic acids is 2. The third-order valence-corrected chi connectivity index (χ3v) is 6.52. The molecule has 0 aliphatic heterocycles. The molecule has 0 heterocycles. The van der Waals surface area contributed by atoms with Crippen LogP contribution in [0.4, 0.5) is 4.79 Å². The van der Waals surface area contributed by atoms with Crippen LogP contribution in [0.2, 0.25) is 0 Å². The van der Waals surface area contributed by atoms with E-state index < -0.39 is 24.2 Å². The van der Waals surface area contributed by atoms with E-state index in [-0.39, 0.29) is 30.3 Å². The number of ether oxygens (including phenoxy) is 2. The van der Waals surface area contributed by atoms with Gasteiger partial charge in [0.15, 0.2) is 6.04 Å². The maximum Gasteiger partial charge on any atom is 0.407 e. The van der Waals surface area contributed by atoms with Crippen molar-refractivity contribution in [2.24, 2.45) is 11.8 Å². The second-order valence-electron chi connectivity index (χ2n) is 8.57. The summed E-state index contributed by atoms with van der Waals surface area (Å²) in [5.41, 5.74) is 4.61. The summed E-state index contributed by atoms with van der Waals surface area (Å²) in [4.78, 5) is 36.0. The number of rotatable bonds is 9. The fourth-order valence-electron chi connectivity index (χ4n) is 4.43. The number of amides is 2. The first-order chi connectivity index (χ1) is 15.9. The summed E-state index contributed by atoms with van der Waals surface area (Å²) >= 11 is 0. The van der Waals surface area contributed by atoms with Crippen molar-refractivity contribution in [2.75, 3.05) is 20.3 Å². The lowest BCUT2D eigenvalue weighted by atomic mass is 9.98. The van der Waals surface area contributed by atoms with Gasteiger partial charge in [-0.05, 0) is 41.5 Å². The van der Waals surface area contributed by atoms with Crippen molar-refractivity contribution >= 4 is 18.0 Å². The molecule has 4 atom stereocenters. The normalized spacial score (nSPS) is 20.2. The molecule has 0 radical (unpaired) electrons. The number of carboxylic acid groups (broad SMARTS) is 1. The van der Waals surface area contributed by atoms with Crippen LogP contribution in [0, 0.1) is 11.8 Å². The molecule has 2 aromatic rings. The van der Waals surface area contributed by atoms with Crippen LogP contribution in [0.15, 0.2) is 48.5 Å². The summed E-state index contributed by atoms with van der Waals surface area (Å²) in [6, 6.07) is 15.1. The summed E-state index contributed by atoms with van der Waals surface area (Å²) in [5, 5.41) is 14.5. The molecular weight excluding hydrogens is 424 g/mol. The molecule has 2 aliphatic carbocycles. The molecule has 2 amide bonds. The second kappa shape index (κ2) is 9.62. The van der Waals surface area contributed by atoms with Gasteiger partial charge in [0, 0.05) is 25.5 Å². The van der Waals surface area contributed by atoms with E-state index in [2.05, 4.69) is 34.9 Å². The maximum atomic E-state index is 12.4. The number of alkyl carbamates (subject to hydrolysis) is 1. The molecule has 4 unspecified atom stereocenters. The molecular formula is C25H28N2O6. The SMILES string of the molecule is COC(C)C(NC(=O)C1CC1CNC(=O)OCC1c2ccccc2-c2ccccc21)C(=O)O. The first-order valence-corrected chi connectivity index (χ1v) is 11.1.